The minimum absolute atomic E-state index is 0.187. The third kappa shape index (κ3) is 1.56. The molecule has 0 aliphatic rings. The highest BCUT2D eigenvalue weighted by molar-refractivity contribution is 5.89. The molecule has 0 radical (unpaired) electrons. The number of carbonyl (C=O) groups is 1. The predicted octanol–water partition coefficient (Wildman–Crippen LogP) is 1.92. The first kappa shape index (κ1) is 10.4. The van der Waals surface area contributed by atoms with Crippen LogP contribution in [0.2, 0.25) is 0 Å². The Morgan fingerprint density at radius 2 is 2.25 bits per heavy atom. The van der Waals surface area contributed by atoms with E-state index in [0.29, 0.717) is 5.82 Å². The van der Waals surface area contributed by atoms with Crippen LogP contribution in [0, 0.1) is 5.82 Å². The lowest BCUT2D eigenvalue weighted by molar-refractivity contribution is 0.0692. The van der Waals surface area contributed by atoms with E-state index in [2.05, 4.69) is 4.98 Å². The molecule has 0 saturated heterocycles. The van der Waals surface area contributed by atoms with Gasteiger partial charge in [0.2, 0.25) is 0 Å². The number of carboxylic acid groups (broad SMARTS) is 1. The molecule has 0 amide bonds. The standard InChI is InChI=1S/C11H9FN2O2/c1-14-6-5-13-10(14)7-3-2-4-8(9(7)12)11(15)16/h2-6H,1H3,(H,15,16). The van der Waals surface area contributed by atoms with Crippen LogP contribution in [0.4, 0.5) is 4.39 Å². The van der Waals surface area contributed by atoms with Crippen LogP contribution in [0.1, 0.15) is 10.4 Å². The van der Waals surface area contributed by atoms with Gasteiger partial charge in [-0.1, -0.05) is 6.07 Å². The Hall–Kier alpha value is -2.17. The smallest absolute Gasteiger partial charge is 0.338 e. The molecule has 0 atom stereocenters. The van der Waals surface area contributed by atoms with Gasteiger partial charge in [-0.3, -0.25) is 0 Å². The second kappa shape index (κ2) is 3.77. The quantitative estimate of drug-likeness (QED) is 0.841. The summed E-state index contributed by atoms with van der Waals surface area (Å²) in [5.74, 6) is -1.64. The van der Waals surface area contributed by atoms with Crippen molar-refractivity contribution in [3.8, 4) is 11.4 Å². The molecule has 2 aromatic rings. The molecule has 5 heteroatoms. The largest absolute Gasteiger partial charge is 0.478 e. The number of benzene rings is 1. The van der Waals surface area contributed by atoms with Crippen LogP contribution in [0.5, 0.6) is 0 Å². The summed E-state index contributed by atoms with van der Waals surface area (Å²) >= 11 is 0. The molecule has 0 spiro atoms. The number of carboxylic acids is 1. The number of aromatic nitrogens is 2. The van der Waals surface area contributed by atoms with Gasteiger partial charge < -0.3 is 9.67 Å². The molecule has 4 nitrogen and oxygen atoms in total. The highest BCUT2D eigenvalue weighted by Crippen LogP contribution is 2.22. The third-order valence-corrected chi connectivity index (χ3v) is 2.29. The van der Waals surface area contributed by atoms with Gasteiger partial charge in [-0.15, -0.1) is 0 Å². The SMILES string of the molecule is Cn1ccnc1-c1cccc(C(=O)O)c1F. The number of rotatable bonds is 2. The molecule has 0 saturated carbocycles. The first-order valence-corrected chi connectivity index (χ1v) is 4.60. The molecule has 0 aliphatic heterocycles. The molecular formula is C11H9FN2O2. The zero-order valence-electron chi connectivity index (χ0n) is 8.51. The Kier molecular flexibility index (Phi) is 2.44. The van der Waals surface area contributed by atoms with Gasteiger partial charge in [0.05, 0.1) is 11.1 Å². The summed E-state index contributed by atoms with van der Waals surface area (Å²) in [6, 6.07) is 4.23. The molecular weight excluding hydrogens is 211 g/mol. The van der Waals surface area contributed by atoms with Gasteiger partial charge in [0.15, 0.2) is 0 Å². The maximum Gasteiger partial charge on any atom is 0.338 e. The Labute approximate surface area is 91.0 Å². The van der Waals surface area contributed by atoms with Gasteiger partial charge in [0, 0.05) is 19.4 Å². The number of nitrogens with zero attached hydrogens (tertiary/aromatic N) is 2. The molecule has 1 aromatic heterocycles. The first-order valence-electron chi connectivity index (χ1n) is 4.60. The number of halogens is 1. The average molecular weight is 220 g/mol. The normalized spacial score (nSPS) is 10.4. The second-order valence-electron chi connectivity index (χ2n) is 3.33. The highest BCUT2D eigenvalue weighted by Gasteiger charge is 2.16. The topological polar surface area (TPSA) is 55.1 Å². The summed E-state index contributed by atoms with van der Waals surface area (Å²) in [4.78, 5) is 14.7. The molecule has 0 fully saturated rings. The van der Waals surface area contributed by atoms with E-state index >= 15 is 0 Å². The fourth-order valence-corrected chi connectivity index (χ4v) is 1.49. The van der Waals surface area contributed by atoms with Crippen molar-refractivity contribution < 1.29 is 14.3 Å². The Balaban J connectivity index is 2.63. The van der Waals surface area contributed by atoms with Crippen molar-refractivity contribution in [3.63, 3.8) is 0 Å². The van der Waals surface area contributed by atoms with Crippen LogP contribution < -0.4 is 0 Å². The molecule has 0 unspecified atom stereocenters. The average Bonchev–Trinajstić information content (AvgIpc) is 2.64. The van der Waals surface area contributed by atoms with Gasteiger partial charge >= 0.3 is 5.97 Å². The van der Waals surface area contributed by atoms with E-state index < -0.39 is 11.8 Å². The Bertz CT molecular complexity index is 549. The molecule has 2 rings (SSSR count). The Morgan fingerprint density at radius 1 is 1.50 bits per heavy atom. The predicted molar refractivity (Wildman–Crippen MR) is 55.6 cm³/mol. The van der Waals surface area contributed by atoms with E-state index in [1.54, 1.807) is 17.8 Å². The van der Waals surface area contributed by atoms with E-state index in [-0.39, 0.29) is 11.1 Å². The first-order chi connectivity index (χ1) is 7.61. The zero-order valence-corrected chi connectivity index (χ0v) is 8.51. The summed E-state index contributed by atoms with van der Waals surface area (Å²) in [6.07, 6.45) is 3.20. The van der Waals surface area contributed by atoms with Crippen molar-refractivity contribution >= 4 is 5.97 Å². The van der Waals surface area contributed by atoms with Gasteiger partial charge in [0.25, 0.3) is 0 Å². The van der Waals surface area contributed by atoms with Crippen LogP contribution in [0.25, 0.3) is 11.4 Å². The van der Waals surface area contributed by atoms with Crippen molar-refractivity contribution in [3.05, 3.63) is 42.0 Å². The molecule has 1 aromatic carbocycles. The van der Waals surface area contributed by atoms with E-state index in [1.165, 1.54) is 24.4 Å². The van der Waals surface area contributed by atoms with Gasteiger partial charge in [0.1, 0.15) is 11.6 Å². The molecule has 82 valence electrons. The van der Waals surface area contributed by atoms with E-state index in [1.807, 2.05) is 0 Å². The van der Waals surface area contributed by atoms with Gasteiger partial charge in [-0.25, -0.2) is 14.2 Å². The number of hydrogen-bond acceptors (Lipinski definition) is 2. The van der Waals surface area contributed by atoms with Crippen molar-refractivity contribution in [1.82, 2.24) is 9.55 Å². The Morgan fingerprint density at radius 3 is 2.81 bits per heavy atom. The lowest BCUT2D eigenvalue weighted by Crippen LogP contribution is -2.03. The molecule has 0 aliphatic carbocycles. The minimum atomic E-state index is -1.28. The summed E-state index contributed by atoms with van der Waals surface area (Å²) in [7, 11) is 1.72. The fourth-order valence-electron chi connectivity index (χ4n) is 1.49. The summed E-state index contributed by atoms with van der Waals surface area (Å²) < 4.78 is 15.5. The van der Waals surface area contributed by atoms with Crippen molar-refractivity contribution in [1.29, 1.82) is 0 Å². The van der Waals surface area contributed by atoms with Crippen molar-refractivity contribution in [2.45, 2.75) is 0 Å². The van der Waals surface area contributed by atoms with Gasteiger partial charge in [-0.2, -0.15) is 0 Å². The lowest BCUT2D eigenvalue weighted by atomic mass is 10.1. The maximum absolute atomic E-state index is 13.8. The van der Waals surface area contributed by atoms with E-state index in [4.69, 9.17) is 5.11 Å². The molecule has 0 bridgehead atoms. The second-order valence-corrected chi connectivity index (χ2v) is 3.33. The molecule has 16 heavy (non-hydrogen) atoms. The molecule has 1 heterocycles. The van der Waals surface area contributed by atoms with Crippen LogP contribution in [-0.2, 0) is 7.05 Å². The van der Waals surface area contributed by atoms with Crippen LogP contribution in [0.15, 0.2) is 30.6 Å². The van der Waals surface area contributed by atoms with Crippen LogP contribution in [0.3, 0.4) is 0 Å². The minimum Gasteiger partial charge on any atom is -0.478 e. The number of aryl methyl sites for hydroxylation is 1. The summed E-state index contributed by atoms with van der Waals surface area (Å²) in [5, 5.41) is 8.79. The summed E-state index contributed by atoms with van der Waals surface area (Å²) in [6.45, 7) is 0. The number of imidazole rings is 1. The zero-order chi connectivity index (χ0) is 11.7. The number of aromatic carboxylic acids is 1. The number of hydrogen-bond donors (Lipinski definition) is 1. The third-order valence-electron chi connectivity index (χ3n) is 2.29. The maximum atomic E-state index is 13.8. The van der Waals surface area contributed by atoms with E-state index in [9.17, 15) is 9.18 Å². The van der Waals surface area contributed by atoms with Crippen LogP contribution in [-0.4, -0.2) is 20.6 Å². The fraction of sp³-hybridized carbons (Fsp3) is 0.0909. The monoisotopic (exact) mass is 220 g/mol. The van der Waals surface area contributed by atoms with Crippen molar-refractivity contribution in [2.75, 3.05) is 0 Å². The van der Waals surface area contributed by atoms with Crippen LogP contribution >= 0.6 is 0 Å². The van der Waals surface area contributed by atoms with Gasteiger partial charge in [-0.05, 0) is 12.1 Å². The lowest BCUT2D eigenvalue weighted by Gasteiger charge is -2.05. The van der Waals surface area contributed by atoms with E-state index in [0.717, 1.165) is 0 Å². The van der Waals surface area contributed by atoms with Crippen molar-refractivity contribution in [2.24, 2.45) is 7.05 Å². The summed E-state index contributed by atoms with van der Waals surface area (Å²) in [5.41, 5.74) is -0.159. The highest BCUT2D eigenvalue weighted by atomic mass is 19.1. The molecule has 1 N–H and O–H groups in total.